The lowest BCUT2D eigenvalue weighted by molar-refractivity contribution is 0.230. The van der Waals surface area contributed by atoms with Crippen molar-refractivity contribution >= 4 is 0 Å². The van der Waals surface area contributed by atoms with Gasteiger partial charge in [0.2, 0.25) is 0 Å². The number of nitrogens with one attached hydrogen (secondary N) is 1. The van der Waals surface area contributed by atoms with E-state index in [-0.39, 0.29) is 5.41 Å². The second-order valence-corrected chi connectivity index (χ2v) is 5.69. The number of rotatable bonds is 4. The summed E-state index contributed by atoms with van der Waals surface area (Å²) < 4.78 is 1.90. The van der Waals surface area contributed by atoms with Crippen LogP contribution in [-0.4, -0.2) is 46.1 Å². The Hall–Kier alpha value is -1.38. The van der Waals surface area contributed by atoms with E-state index in [2.05, 4.69) is 46.2 Å². The van der Waals surface area contributed by atoms with E-state index in [1.54, 1.807) is 0 Å². The molecule has 2 rings (SSSR count). The summed E-state index contributed by atoms with van der Waals surface area (Å²) in [5.74, 6) is 6.18. The zero-order chi connectivity index (χ0) is 13.7. The first kappa shape index (κ1) is 14.0. The van der Waals surface area contributed by atoms with Crippen molar-refractivity contribution in [3.05, 3.63) is 11.9 Å². The summed E-state index contributed by atoms with van der Waals surface area (Å²) >= 11 is 0. The molecule has 0 amide bonds. The van der Waals surface area contributed by atoms with E-state index < -0.39 is 0 Å². The molecular weight excluding hydrogens is 238 g/mol. The summed E-state index contributed by atoms with van der Waals surface area (Å²) in [5, 5.41) is 11.8. The molecule has 1 aromatic heterocycles. The van der Waals surface area contributed by atoms with Crippen LogP contribution in [0.4, 0.5) is 0 Å². The molecule has 0 aromatic carbocycles. The first-order valence-corrected chi connectivity index (χ1v) is 6.85. The average molecular weight is 261 g/mol. The fourth-order valence-electron chi connectivity index (χ4n) is 2.37. The Labute approximate surface area is 115 Å². The first-order valence-electron chi connectivity index (χ1n) is 6.85. The Kier molecular flexibility index (Phi) is 4.56. The summed E-state index contributed by atoms with van der Waals surface area (Å²) in [4.78, 5) is 2.40. The average Bonchev–Trinajstić information content (AvgIpc) is 2.76. The lowest BCUT2D eigenvalue weighted by atomic mass is 9.95. The van der Waals surface area contributed by atoms with E-state index >= 15 is 0 Å². The van der Waals surface area contributed by atoms with Crippen LogP contribution < -0.4 is 5.32 Å². The van der Waals surface area contributed by atoms with Crippen molar-refractivity contribution in [2.75, 3.05) is 26.2 Å². The molecule has 5 nitrogen and oxygen atoms in total. The van der Waals surface area contributed by atoms with E-state index in [0.29, 0.717) is 0 Å². The minimum absolute atomic E-state index is 0.0607. The van der Waals surface area contributed by atoms with Crippen molar-refractivity contribution in [1.82, 2.24) is 25.2 Å². The van der Waals surface area contributed by atoms with Gasteiger partial charge in [0.15, 0.2) is 0 Å². The highest BCUT2D eigenvalue weighted by Crippen LogP contribution is 2.16. The van der Waals surface area contributed by atoms with Gasteiger partial charge in [-0.2, -0.15) is 0 Å². The highest BCUT2D eigenvalue weighted by molar-refractivity contribution is 5.07. The van der Waals surface area contributed by atoms with Gasteiger partial charge in [-0.3, -0.25) is 9.58 Å². The first-order chi connectivity index (χ1) is 9.09. The van der Waals surface area contributed by atoms with Crippen LogP contribution in [0.2, 0.25) is 0 Å². The molecule has 1 saturated heterocycles. The van der Waals surface area contributed by atoms with E-state index in [4.69, 9.17) is 0 Å². The van der Waals surface area contributed by atoms with Gasteiger partial charge in [-0.05, 0) is 20.8 Å². The molecule has 0 radical (unpaired) electrons. The molecule has 1 fully saturated rings. The monoisotopic (exact) mass is 261 g/mol. The van der Waals surface area contributed by atoms with Crippen LogP contribution in [0.25, 0.3) is 0 Å². The number of nitrogens with zero attached hydrogens (tertiary/aromatic N) is 4. The quantitative estimate of drug-likeness (QED) is 0.812. The van der Waals surface area contributed by atoms with Gasteiger partial charge in [-0.1, -0.05) is 11.1 Å². The Balaban J connectivity index is 1.92. The summed E-state index contributed by atoms with van der Waals surface area (Å²) in [6, 6.07) is 0. The molecule has 19 heavy (non-hydrogen) atoms. The van der Waals surface area contributed by atoms with Crippen LogP contribution in [0.1, 0.15) is 26.5 Å². The molecular formula is C14H23N5. The van der Waals surface area contributed by atoms with Gasteiger partial charge in [0.05, 0.1) is 12.2 Å². The van der Waals surface area contributed by atoms with Gasteiger partial charge in [0, 0.05) is 44.3 Å². The Morgan fingerprint density at radius 2 is 2.11 bits per heavy atom. The van der Waals surface area contributed by atoms with Crippen molar-refractivity contribution in [1.29, 1.82) is 0 Å². The highest BCUT2D eigenvalue weighted by atomic mass is 15.4. The summed E-state index contributed by atoms with van der Waals surface area (Å²) in [7, 11) is 0. The standard InChI is InChI=1S/C14H23N5/c1-4-5-14(2,3)12-19-11-13(16-17-19)10-18-8-6-15-7-9-18/h11,15H,6-10,12H2,1-3H3. The summed E-state index contributed by atoms with van der Waals surface area (Å²) in [6.45, 7) is 12.1. The summed E-state index contributed by atoms with van der Waals surface area (Å²) in [5.41, 5.74) is 0.983. The fourth-order valence-corrected chi connectivity index (χ4v) is 2.37. The van der Waals surface area contributed by atoms with Crippen molar-refractivity contribution in [2.45, 2.75) is 33.9 Å². The van der Waals surface area contributed by atoms with Gasteiger partial charge in [0.25, 0.3) is 0 Å². The van der Waals surface area contributed by atoms with Crippen molar-refractivity contribution in [3.8, 4) is 11.8 Å². The maximum absolute atomic E-state index is 4.26. The maximum Gasteiger partial charge on any atom is 0.0967 e. The largest absolute Gasteiger partial charge is 0.314 e. The van der Waals surface area contributed by atoms with E-state index in [1.807, 2.05) is 17.8 Å². The number of hydrogen-bond donors (Lipinski definition) is 1. The molecule has 0 unspecified atom stereocenters. The Morgan fingerprint density at radius 1 is 1.37 bits per heavy atom. The predicted molar refractivity (Wildman–Crippen MR) is 75.4 cm³/mol. The van der Waals surface area contributed by atoms with E-state index in [9.17, 15) is 0 Å². The Bertz CT molecular complexity index is 460. The van der Waals surface area contributed by atoms with Gasteiger partial charge >= 0.3 is 0 Å². The lowest BCUT2D eigenvalue weighted by Crippen LogP contribution is -2.42. The fraction of sp³-hybridized carbons (Fsp3) is 0.714. The molecule has 1 N–H and O–H groups in total. The van der Waals surface area contributed by atoms with Crippen molar-refractivity contribution < 1.29 is 0 Å². The minimum atomic E-state index is -0.0607. The third-order valence-electron chi connectivity index (χ3n) is 3.20. The van der Waals surface area contributed by atoms with Crippen molar-refractivity contribution in [3.63, 3.8) is 0 Å². The van der Waals surface area contributed by atoms with Crippen LogP contribution in [0, 0.1) is 17.3 Å². The molecule has 1 aromatic rings. The van der Waals surface area contributed by atoms with E-state index in [0.717, 1.165) is 45.0 Å². The van der Waals surface area contributed by atoms with Gasteiger partial charge < -0.3 is 5.32 Å². The van der Waals surface area contributed by atoms with Crippen LogP contribution in [-0.2, 0) is 13.1 Å². The highest BCUT2D eigenvalue weighted by Gasteiger charge is 2.17. The minimum Gasteiger partial charge on any atom is -0.314 e. The molecule has 5 heteroatoms. The van der Waals surface area contributed by atoms with Gasteiger partial charge in [0.1, 0.15) is 0 Å². The molecule has 0 aliphatic carbocycles. The Morgan fingerprint density at radius 3 is 2.79 bits per heavy atom. The number of hydrogen-bond acceptors (Lipinski definition) is 4. The van der Waals surface area contributed by atoms with Gasteiger partial charge in [-0.25, -0.2) is 0 Å². The molecule has 1 aliphatic heterocycles. The number of aromatic nitrogens is 3. The van der Waals surface area contributed by atoms with Crippen LogP contribution in [0.15, 0.2) is 6.20 Å². The van der Waals surface area contributed by atoms with Crippen molar-refractivity contribution in [2.24, 2.45) is 5.41 Å². The smallest absolute Gasteiger partial charge is 0.0967 e. The van der Waals surface area contributed by atoms with Gasteiger partial charge in [-0.15, -0.1) is 11.0 Å². The second kappa shape index (κ2) is 6.18. The molecule has 2 heterocycles. The van der Waals surface area contributed by atoms with Crippen LogP contribution >= 0.6 is 0 Å². The molecule has 0 spiro atoms. The third-order valence-corrected chi connectivity index (χ3v) is 3.20. The SMILES string of the molecule is CC#CC(C)(C)Cn1cc(CN2CCNCC2)nn1. The molecule has 1 aliphatic rings. The van der Waals surface area contributed by atoms with E-state index in [1.165, 1.54) is 0 Å². The normalized spacial score (nSPS) is 17.0. The van der Waals surface area contributed by atoms with Crippen LogP contribution in [0.5, 0.6) is 0 Å². The topological polar surface area (TPSA) is 46.0 Å². The summed E-state index contributed by atoms with van der Waals surface area (Å²) in [6.07, 6.45) is 2.04. The second-order valence-electron chi connectivity index (χ2n) is 5.69. The molecule has 0 saturated carbocycles. The molecule has 104 valence electrons. The molecule has 0 bridgehead atoms. The maximum atomic E-state index is 4.26. The third kappa shape index (κ3) is 4.34. The predicted octanol–water partition coefficient (Wildman–Crippen LogP) is 0.733. The lowest BCUT2D eigenvalue weighted by Gasteiger charge is -2.26. The number of piperazine rings is 1. The van der Waals surface area contributed by atoms with Crippen LogP contribution in [0.3, 0.4) is 0 Å². The molecule has 0 atom stereocenters. The zero-order valence-electron chi connectivity index (χ0n) is 12.1. The zero-order valence-corrected chi connectivity index (χ0v) is 12.1.